The van der Waals surface area contributed by atoms with Gasteiger partial charge in [-0.05, 0) is 107 Å². The van der Waals surface area contributed by atoms with E-state index in [4.69, 9.17) is 18.9 Å². The number of hydrogen-bond donors (Lipinski definition) is 0. The maximum Gasteiger partial charge on any atom is 0.237 e. The van der Waals surface area contributed by atoms with E-state index in [0.717, 1.165) is 53.6 Å². The van der Waals surface area contributed by atoms with Crippen LogP contribution in [0.15, 0.2) is 30.3 Å². The third kappa shape index (κ3) is 6.73. The number of fused-ring (bicyclic) bond motifs is 1. The molecule has 0 bridgehead atoms. The predicted molar refractivity (Wildman–Crippen MR) is 150 cm³/mol. The van der Waals surface area contributed by atoms with Gasteiger partial charge in [-0.3, -0.25) is 9.69 Å². The zero-order chi connectivity index (χ0) is 26.9. The largest absolute Gasteiger partial charge is 0.490 e. The summed E-state index contributed by atoms with van der Waals surface area (Å²) in [5, 5.41) is 0. The number of benzene rings is 2. The number of piperidine rings is 1. The molecule has 208 valence electrons. The van der Waals surface area contributed by atoms with Crippen molar-refractivity contribution < 1.29 is 23.7 Å². The summed E-state index contributed by atoms with van der Waals surface area (Å²) in [5.41, 5.74) is 3.47. The summed E-state index contributed by atoms with van der Waals surface area (Å²) >= 11 is 0. The van der Waals surface area contributed by atoms with Crippen molar-refractivity contribution in [3.8, 4) is 23.0 Å². The normalized spacial score (nSPS) is 17.6. The summed E-state index contributed by atoms with van der Waals surface area (Å²) in [5.74, 6) is 3.21. The van der Waals surface area contributed by atoms with Crippen LogP contribution in [-0.2, 0) is 17.6 Å². The Bertz CT molecular complexity index is 1070. The molecule has 2 aromatic carbocycles. The van der Waals surface area contributed by atoms with Gasteiger partial charge >= 0.3 is 0 Å². The van der Waals surface area contributed by atoms with Crippen LogP contribution in [-0.4, -0.2) is 68.3 Å². The molecule has 0 spiro atoms. The first kappa shape index (κ1) is 28.1. The SMILES string of the molecule is CCOc1ccc(CC2c3cc(OCC)c(OCC)cc3CCN2C(=O)CN2CCCCC2)cc1OCC. The molecular formula is C31H44N2O5. The van der Waals surface area contributed by atoms with E-state index in [2.05, 4.69) is 34.1 Å². The molecule has 0 N–H and O–H groups in total. The molecule has 7 heteroatoms. The standard InChI is InChI=1S/C31H44N2O5/c1-5-35-27-13-12-23(19-28(27)36-6-2)18-26-25-21-30(38-8-4)29(37-7-3)20-24(25)14-17-33(26)31(34)22-32-15-10-9-11-16-32/h12-13,19-21,26H,5-11,14-18,22H2,1-4H3. The molecule has 2 aliphatic heterocycles. The van der Waals surface area contributed by atoms with Gasteiger partial charge in [0.15, 0.2) is 23.0 Å². The zero-order valence-electron chi connectivity index (χ0n) is 23.6. The third-order valence-electron chi connectivity index (χ3n) is 7.33. The Morgan fingerprint density at radius 1 is 0.763 bits per heavy atom. The minimum absolute atomic E-state index is 0.0988. The highest BCUT2D eigenvalue weighted by atomic mass is 16.5. The van der Waals surface area contributed by atoms with E-state index < -0.39 is 0 Å². The van der Waals surface area contributed by atoms with E-state index in [1.165, 1.54) is 24.8 Å². The Hall–Kier alpha value is -2.93. The summed E-state index contributed by atoms with van der Waals surface area (Å²) in [6, 6.07) is 10.3. The van der Waals surface area contributed by atoms with E-state index in [1.54, 1.807) is 0 Å². The van der Waals surface area contributed by atoms with Crippen LogP contribution in [0.4, 0.5) is 0 Å². The highest BCUT2D eigenvalue weighted by Crippen LogP contribution is 2.41. The first-order valence-corrected chi connectivity index (χ1v) is 14.4. The lowest BCUT2D eigenvalue weighted by molar-refractivity contribution is -0.135. The fourth-order valence-corrected chi connectivity index (χ4v) is 5.61. The molecule has 38 heavy (non-hydrogen) atoms. The highest BCUT2D eigenvalue weighted by molar-refractivity contribution is 5.79. The molecule has 1 unspecified atom stereocenters. The number of hydrogen-bond acceptors (Lipinski definition) is 6. The van der Waals surface area contributed by atoms with E-state index in [1.807, 2.05) is 33.8 Å². The van der Waals surface area contributed by atoms with Crippen LogP contribution in [0.25, 0.3) is 0 Å². The van der Waals surface area contributed by atoms with Crippen LogP contribution in [0.5, 0.6) is 23.0 Å². The number of carbonyl (C=O) groups is 1. The minimum Gasteiger partial charge on any atom is -0.490 e. The molecule has 0 radical (unpaired) electrons. The van der Waals surface area contributed by atoms with Crippen molar-refractivity contribution in [2.75, 3.05) is 52.6 Å². The monoisotopic (exact) mass is 524 g/mol. The fraction of sp³-hybridized carbons (Fsp3) is 0.581. The molecule has 2 heterocycles. The van der Waals surface area contributed by atoms with Crippen LogP contribution in [0.1, 0.15) is 69.7 Å². The van der Waals surface area contributed by atoms with Crippen LogP contribution in [0.3, 0.4) is 0 Å². The second kappa shape index (κ2) is 13.7. The molecule has 0 aliphatic carbocycles. The van der Waals surface area contributed by atoms with Gasteiger partial charge in [0.1, 0.15) is 0 Å². The third-order valence-corrected chi connectivity index (χ3v) is 7.33. The molecular weight excluding hydrogens is 480 g/mol. The Balaban J connectivity index is 1.69. The molecule has 7 nitrogen and oxygen atoms in total. The van der Waals surface area contributed by atoms with Gasteiger partial charge < -0.3 is 23.8 Å². The van der Waals surface area contributed by atoms with Gasteiger partial charge in [-0.25, -0.2) is 0 Å². The summed E-state index contributed by atoms with van der Waals surface area (Å²) in [6.45, 7) is 13.4. The van der Waals surface area contributed by atoms with E-state index >= 15 is 0 Å². The smallest absolute Gasteiger partial charge is 0.237 e. The molecule has 0 saturated carbocycles. The number of likely N-dealkylation sites (tertiary alicyclic amines) is 1. The first-order valence-electron chi connectivity index (χ1n) is 14.4. The molecule has 0 aromatic heterocycles. The summed E-state index contributed by atoms with van der Waals surface area (Å²) in [7, 11) is 0. The molecule has 1 atom stereocenters. The van der Waals surface area contributed by atoms with Crippen molar-refractivity contribution in [3.05, 3.63) is 47.0 Å². The van der Waals surface area contributed by atoms with Crippen LogP contribution in [0.2, 0.25) is 0 Å². The topological polar surface area (TPSA) is 60.5 Å². The maximum absolute atomic E-state index is 13.7. The van der Waals surface area contributed by atoms with E-state index in [-0.39, 0.29) is 11.9 Å². The minimum atomic E-state index is -0.0988. The predicted octanol–water partition coefficient (Wildman–Crippen LogP) is 5.44. The van der Waals surface area contributed by atoms with E-state index in [9.17, 15) is 4.79 Å². The Morgan fingerprint density at radius 2 is 1.37 bits per heavy atom. The summed E-state index contributed by atoms with van der Waals surface area (Å²) < 4.78 is 23.6. The van der Waals surface area contributed by atoms with Crippen molar-refractivity contribution in [2.45, 2.75) is 65.8 Å². The Kier molecular flexibility index (Phi) is 10.2. The van der Waals surface area contributed by atoms with Gasteiger partial charge in [0.05, 0.1) is 39.0 Å². The zero-order valence-corrected chi connectivity index (χ0v) is 23.6. The second-order valence-electron chi connectivity index (χ2n) is 9.90. The van der Waals surface area contributed by atoms with Crippen molar-refractivity contribution in [2.24, 2.45) is 0 Å². The van der Waals surface area contributed by atoms with Crippen LogP contribution < -0.4 is 18.9 Å². The van der Waals surface area contributed by atoms with Crippen molar-refractivity contribution in [3.63, 3.8) is 0 Å². The van der Waals surface area contributed by atoms with Gasteiger partial charge in [0.25, 0.3) is 0 Å². The maximum atomic E-state index is 13.7. The molecule has 1 fully saturated rings. The number of ether oxygens (including phenoxy) is 4. The van der Waals surface area contributed by atoms with Crippen molar-refractivity contribution in [1.82, 2.24) is 9.80 Å². The molecule has 1 amide bonds. The second-order valence-corrected chi connectivity index (χ2v) is 9.90. The first-order chi connectivity index (χ1) is 18.6. The summed E-state index contributed by atoms with van der Waals surface area (Å²) in [6.07, 6.45) is 5.09. The van der Waals surface area contributed by atoms with Crippen LogP contribution in [0, 0.1) is 0 Å². The molecule has 1 saturated heterocycles. The Labute approximate surface area is 228 Å². The molecule has 2 aromatic rings. The van der Waals surface area contributed by atoms with Crippen molar-refractivity contribution in [1.29, 1.82) is 0 Å². The average Bonchev–Trinajstić information content (AvgIpc) is 2.92. The lowest BCUT2D eigenvalue weighted by Crippen LogP contribution is -2.46. The van der Waals surface area contributed by atoms with Gasteiger partial charge in [-0.1, -0.05) is 12.5 Å². The number of carbonyl (C=O) groups excluding carboxylic acids is 1. The van der Waals surface area contributed by atoms with Gasteiger partial charge in [0, 0.05) is 6.54 Å². The number of nitrogens with zero attached hydrogens (tertiary/aromatic N) is 2. The number of rotatable bonds is 12. The van der Waals surface area contributed by atoms with Crippen LogP contribution >= 0.6 is 0 Å². The fourth-order valence-electron chi connectivity index (χ4n) is 5.61. The lowest BCUT2D eigenvalue weighted by atomic mass is 9.88. The van der Waals surface area contributed by atoms with Gasteiger partial charge in [0.2, 0.25) is 5.91 Å². The summed E-state index contributed by atoms with van der Waals surface area (Å²) in [4.78, 5) is 18.1. The van der Waals surface area contributed by atoms with Crippen molar-refractivity contribution >= 4 is 5.91 Å². The van der Waals surface area contributed by atoms with Gasteiger partial charge in [-0.2, -0.15) is 0 Å². The quantitative estimate of drug-likeness (QED) is 0.369. The van der Waals surface area contributed by atoms with E-state index in [0.29, 0.717) is 45.9 Å². The Morgan fingerprint density at radius 3 is 2.03 bits per heavy atom. The highest BCUT2D eigenvalue weighted by Gasteiger charge is 2.33. The molecule has 2 aliphatic rings. The average molecular weight is 525 g/mol. The molecule has 4 rings (SSSR count). The lowest BCUT2D eigenvalue weighted by Gasteiger charge is -2.39. The van der Waals surface area contributed by atoms with Gasteiger partial charge in [-0.15, -0.1) is 0 Å². The number of amides is 1.